The number of nitrogens with zero attached hydrogens (tertiary/aromatic N) is 6. The van der Waals surface area contributed by atoms with Gasteiger partial charge in [-0.05, 0) is 30.9 Å². The van der Waals surface area contributed by atoms with E-state index < -0.39 is 5.97 Å². The first-order valence-corrected chi connectivity index (χ1v) is 12.2. The van der Waals surface area contributed by atoms with Crippen molar-refractivity contribution in [3.8, 4) is 5.69 Å². The van der Waals surface area contributed by atoms with Gasteiger partial charge in [-0.2, -0.15) is 5.10 Å². The van der Waals surface area contributed by atoms with E-state index in [1.54, 1.807) is 24.1 Å². The number of morpholine rings is 1. The zero-order valence-electron chi connectivity index (χ0n) is 20.5. The van der Waals surface area contributed by atoms with E-state index in [1.165, 1.54) is 0 Å². The summed E-state index contributed by atoms with van der Waals surface area (Å²) in [6, 6.07) is 5.57. The first-order valence-electron chi connectivity index (χ1n) is 12.2. The Bertz CT molecular complexity index is 1210. The third kappa shape index (κ3) is 4.55. The number of piperidine rings is 1. The van der Waals surface area contributed by atoms with E-state index >= 15 is 0 Å². The molecule has 0 spiro atoms. The molecule has 0 unspecified atom stereocenters. The summed E-state index contributed by atoms with van der Waals surface area (Å²) in [6.07, 6.45) is 3.77. The van der Waals surface area contributed by atoms with Crippen LogP contribution < -0.4 is 9.80 Å². The first-order chi connectivity index (χ1) is 17.0. The Hall–Kier alpha value is -3.24. The lowest BCUT2D eigenvalue weighted by Crippen LogP contribution is -2.37. The molecule has 0 bridgehead atoms. The highest BCUT2D eigenvalue weighted by molar-refractivity contribution is 5.98. The minimum absolute atomic E-state index is 0.0141. The molecule has 0 saturated carbocycles. The number of carboxylic acid groups (broad SMARTS) is 1. The normalized spacial score (nSPS) is 17.5. The van der Waals surface area contributed by atoms with E-state index in [-0.39, 0.29) is 17.7 Å². The fourth-order valence-corrected chi connectivity index (χ4v) is 4.90. The van der Waals surface area contributed by atoms with Crippen molar-refractivity contribution in [2.45, 2.75) is 38.7 Å². The van der Waals surface area contributed by atoms with Crippen LogP contribution >= 0.6 is 0 Å². The highest BCUT2D eigenvalue weighted by Gasteiger charge is 2.27. The second-order valence-corrected chi connectivity index (χ2v) is 9.38. The van der Waals surface area contributed by atoms with Crippen molar-refractivity contribution in [1.82, 2.24) is 19.7 Å². The number of aromatic carboxylic acids is 1. The SMILES string of the molecule is COC1CCN(c2cc(C(=O)O)nc3c2c(C(C)C)nn3-c2ccnc(N3CCOCC3)c2)CC1. The molecule has 2 aliphatic heterocycles. The Labute approximate surface area is 204 Å². The number of methoxy groups -OCH3 is 1. The summed E-state index contributed by atoms with van der Waals surface area (Å²) in [5, 5.41) is 15.8. The number of ether oxygens (including phenoxy) is 2. The highest BCUT2D eigenvalue weighted by atomic mass is 16.5. The molecule has 0 amide bonds. The van der Waals surface area contributed by atoms with Gasteiger partial charge in [0.15, 0.2) is 11.3 Å². The van der Waals surface area contributed by atoms with Gasteiger partial charge in [-0.25, -0.2) is 19.4 Å². The predicted octanol–water partition coefficient (Wildman–Crippen LogP) is 3.09. The molecule has 2 fully saturated rings. The van der Waals surface area contributed by atoms with Crippen molar-refractivity contribution in [2.24, 2.45) is 0 Å². The number of hydrogen-bond donors (Lipinski definition) is 1. The monoisotopic (exact) mass is 480 g/mol. The van der Waals surface area contributed by atoms with Gasteiger partial charge in [-0.15, -0.1) is 0 Å². The molecule has 10 heteroatoms. The number of hydrogen-bond acceptors (Lipinski definition) is 8. The van der Waals surface area contributed by atoms with Crippen LogP contribution in [0, 0.1) is 0 Å². The molecule has 10 nitrogen and oxygen atoms in total. The van der Waals surface area contributed by atoms with Gasteiger partial charge in [-0.3, -0.25) is 0 Å². The lowest BCUT2D eigenvalue weighted by Gasteiger charge is -2.33. The third-order valence-corrected chi connectivity index (χ3v) is 6.83. The van der Waals surface area contributed by atoms with E-state index in [1.807, 2.05) is 12.1 Å². The molecule has 2 saturated heterocycles. The average molecular weight is 481 g/mol. The number of fused-ring (bicyclic) bond motifs is 1. The molecular weight excluding hydrogens is 448 g/mol. The molecule has 2 aliphatic rings. The van der Waals surface area contributed by atoms with Crippen LogP contribution in [0.2, 0.25) is 0 Å². The summed E-state index contributed by atoms with van der Waals surface area (Å²) in [5.74, 6) is -0.0775. The lowest BCUT2D eigenvalue weighted by molar-refractivity contribution is 0.0690. The second kappa shape index (κ2) is 9.79. The van der Waals surface area contributed by atoms with Crippen molar-refractivity contribution in [3.05, 3.63) is 35.8 Å². The fraction of sp³-hybridized carbons (Fsp3) is 0.520. The third-order valence-electron chi connectivity index (χ3n) is 6.83. The molecule has 0 aromatic carbocycles. The summed E-state index contributed by atoms with van der Waals surface area (Å²) in [7, 11) is 1.74. The molecule has 35 heavy (non-hydrogen) atoms. The van der Waals surface area contributed by atoms with Gasteiger partial charge in [0.2, 0.25) is 0 Å². The van der Waals surface area contributed by atoms with E-state index in [0.29, 0.717) is 18.9 Å². The molecule has 0 atom stereocenters. The highest BCUT2D eigenvalue weighted by Crippen LogP contribution is 2.36. The van der Waals surface area contributed by atoms with Crippen LogP contribution in [0.4, 0.5) is 11.5 Å². The molecule has 5 rings (SSSR count). The number of anilines is 2. The van der Waals surface area contributed by atoms with Crippen molar-refractivity contribution < 1.29 is 19.4 Å². The van der Waals surface area contributed by atoms with Crippen LogP contribution in [-0.2, 0) is 9.47 Å². The molecule has 1 N–H and O–H groups in total. The second-order valence-electron chi connectivity index (χ2n) is 9.38. The average Bonchev–Trinajstić information content (AvgIpc) is 3.29. The topological polar surface area (TPSA) is 106 Å². The van der Waals surface area contributed by atoms with Gasteiger partial charge < -0.3 is 24.4 Å². The summed E-state index contributed by atoms with van der Waals surface area (Å²) in [6.45, 7) is 8.66. The summed E-state index contributed by atoms with van der Waals surface area (Å²) in [4.78, 5) is 25.6. The van der Waals surface area contributed by atoms with Gasteiger partial charge >= 0.3 is 5.97 Å². The predicted molar refractivity (Wildman–Crippen MR) is 133 cm³/mol. The van der Waals surface area contributed by atoms with Crippen LogP contribution in [0.1, 0.15) is 48.8 Å². The maximum absolute atomic E-state index is 12.1. The molecule has 0 aliphatic carbocycles. The van der Waals surface area contributed by atoms with Crippen LogP contribution in [-0.4, -0.2) is 83.4 Å². The first kappa shape index (κ1) is 23.5. The molecule has 186 valence electrons. The Morgan fingerprint density at radius 3 is 2.54 bits per heavy atom. The molecule has 5 heterocycles. The fourth-order valence-electron chi connectivity index (χ4n) is 4.90. The maximum Gasteiger partial charge on any atom is 0.354 e. The summed E-state index contributed by atoms with van der Waals surface area (Å²) < 4.78 is 12.8. The Balaban J connectivity index is 1.66. The molecule has 3 aromatic rings. The van der Waals surface area contributed by atoms with Crippen molar-refractivity contribution >= 4 is 28.5 Å². The summed E-state index contributed by atoms with van der Waals surface area (Å²) >= 11 is 0. The van der Waals surface area contributed by atoms with Gasteiger partial charge in [0, 0.05) is 45.6 Å². The number of carboxylic acids is 1. The van der Waals surface area contributed by atoms with Gasteiger partial charge in [0.25, 0.3) is 0 Å². The Morgan fingerprint density at radius 2 is 1.89 bits per heavy atom. The lowest BCUT2D eigenvalue weighted by atomic mass is 10.0. The van der Waals surface area contributed by atoms with Crippen molar-refractivity contribution in [1.29, 1.82) is 0 Å². The van der Waals surface area contributed by atoms with Crippen LogP contribution in [0.25, 0.3) is 16.7 Å². The Kier molecular flexibility index (Phi) is 6.57. The van der Waals surface area contributed by atoms with Gasteiger partial charge in [0.05, 0.1) is 41.8 Å². The van der Waals surface area contributed by atoms with E-state index in [9.17, 15) is 9.90 Å². The quantitative estimate of drug-likeness (QED) is 0.570. The van der Waals surface area contributed by atoms with E-state index in [2.05, 4.69) is 33.6 Å². The number of pyridine rings is 2. The largest absolute Gasteiger partial charge is 0.477 e. The smallest absolute Gasteiger partial charge is 0.354 e. The van der Waals surface area contributed by atoms with Crippen molar-refractivity contribution in [2.75, 3.05) is 56.3 Å². The minimum Gasteiger partial charge on any atom is -0.477 e. The van der Waals surface area contributed by atoms with Gasteiger partial charge in [-0.1, -0.05) is 13.8 Å². The minimum atomic E-state index is -1.05. The van der Waals surface area contributed by atoms with Gasteiger partial charge in [0.1, 0.15) is 5.82 Å². The maximum atomic E-state index is 12.1. The van der Waals surface area contributed by atoms with Crippen LogP contribution in [0.15, 0.2) is 24.4 Å². The zero-order valence-corrected chi connectivity index (χ0v) is 20.5. The van der Waals surface area contributed by atoms with Crippen LogP contribution in [0.3, 0.4) is 0 Å². The molecule has 0 radical (unpaired) electrons. The standard InChI is InChI=1S/C25H32N6O4/c1-16(2)23-22-20(29-8-5-18(34-3)6-9-29)15-19(25(32)33)27-24(22)31(28-23)17-4-7-26-21(14-17)30-10-12-35-13-11-30/h4,7,14-16,18H,5-6,8-13H2,1-3H3,(H,32,33). The van der Waals surface area contributed by atoms with E-state index in [4.69, 9.17) is 14.6 Å². The molecule has 3 aromatic heterocycles. The number of rotatable bonds is 6. The van der Waals surface area contributed by atoms with Crippen LogP contribution in [0.5, 0.6) is 0 Å². The summed E-state index contributed by atoms with van der Waals surface area (Å²) in [5.41, 5.74) is 3.15. The van der Waals surface area contributed by atoms with Crippen molar-refractivity contribution in [3.63, 3.8) is 0 Å². The zero-order chi connectivity index (χ0) is 24.5. The van der Waals surface area contributed by atoms with E-state index in [0.717, 1.165) is 67.3 Å². The number of aromatic nitrogens is 4. The molecular formula is C25H32N6O4. The number of carbonyl (C=O) groups is 1. The Morgan fingerprint density at radius 1 is 1.14 bits per heavy atom.